The molecule has 0 saturated carbocycles. The van der Waals surface area contributed by atoms with E-state index in [4.69, 9.17) is 11.6 Å². The maximum Gasteiger partial charge on any atom is 0.408 e. The van der Waals surface area contributed by atoms with E-state index in [9.17, 15) is 19.5 Å². The van der Waals surface area contributed by atoms with Crippen LogP contribution in [0.5, 0.6) is 0 Å². The van der Waals surface area contributed by atoms with Gasteiger partial charge in [0.05, 0.1) is 16.6 Å². The molecule has 30 heavy (non-hydrogen) atoms. The zero-order valence-corrected chi connectivity index (χ0v) is 17.9. The van der Waals surface area contributed by atoms with Crippen molar-refractivity contribution in [3.05, 3.63) is 59.1 Å². The van der Waals surface area contributed by atoms with E-state index in [1.54, 1.807) is 63.2 Å². The third-order valence-electron chi connectivity index (χ3n) is 4.46. The normalized spacial score (nSPS) is 12.0. The van der Waals surface area contributed by atoms with Gasteiger partial charge in [-0.15, -0.1) is 0 Å². The predicted molar refractivity (Wildman–Crippen MR) is 118 cm³/mol. The Hall–Kier alpha value is -3.06. The second-order valence-electron chi connectivity index (χ2n) is 7.74. The SMILES string of the molecule is CC(C)(C)N(C(=O)O)[C@@H](CC=O)CNc1cccc(Cl)c1C(=O)Nc1ccccc1. The summed E-state index contributed by atoms with van der Waals surface area (Å²) in [5.74, 6) is -0.396. The zero-order chi connectivity index (χ0) is 22.3. The monoisotopic (exact) mass is 431 g/mol. The van der Waals surface area contributed by atoms with Crippen molar-refractivity contribution < 1.29 is 19.5 Å². The Labute approximate surface area is 181 Å². The van der Waals surface area contributed by atoms with Gasteiger partial charge in [-0.3, -0.25) is 9.69 Å². The molecule has 0 bridgehead atoms. The Morgan fingerprint density at radius 2 is 1.80 bits per heavy atom. The molecule has 0 heterocycles. The highest BCUT2D eigenvalue weighted by Crippen LogP contribution is 2.27. The fourth-order valence-electron chi connectivity index (χ4n) is 3.23. The Morgan fingerprint density at radius 1 is 1.13 bits per heavy atom. The van der Waals surface area contributed by atoms with Gasteiger partial charge in [0.25, 0.3) is 5.91 Å². The lowest BCUT2D eigenvalue weighted by Crippen LogP contribution is -2.53. The molecule has 0 fully saturated rings. The highest BCUT2D eigenvalue weighted by molar-refractivity contribution is 6.35. The maximum absolute atomic E-state index is 12.8. The average Bonchev–Trinajstić information content (AvgIpc) is 2.65. The summed E-state index contributed by atoms with van der Waals surface area (Å²) >= 11 is 6.29. The van der Waals surface area contributed by atoms with Crippen molar-refractivity contribution in [2.45, 2.75) is 38.8 Å². The van der Waals surface area contributed by atoms with Crippen LogP contribution in [0, 0.1) is 0 Å². The van der Waals surface area contributed by atoms with Crippen molar-refractivity contribution in [2.75, 3.05) is 17.2 Å². The van der Waals surface area contributed by atoms with Crippen LogP contribution >= 0.6 is 11.6 Å². The van der Waals surface area contributed by atoms with E-state index in [2.05, 4.69) is 10.6 Å². The summed E-state index contributed by atoms with van der Waals surface area (Å²) < 4.78 is 0. The summed E-state index contributed by atoms with van der Waals surface area (Å²) in [5.41, 5.74) is 0.608. The minimum Gasteiger partial charge on any atom is -0.465 e. The van der Waals surface area contributed by atoms with Crippen molar-refractivity contribution in [2.24, 2.45) is 0 Å². The van der Waals surface area contributed by atoms with Gasteiger partial charge in [0.2, 0.25) is 0 Å². The molecule has 8 heteroatoms. The number of carboxylic acid groups (broad SMARTS) is 1. The fraction of sp³-hybridized carbons (Fsp3) is 0.318. The van der Waals surface area contributed by atoms with Gasteiger partial charge in [0.15, 0.2) is 0 Å². The first kappa shape index (κ1) is 23.2. The highest BCUT2D eigenvalue weighted by atomic mass is 35.5. The number of anilines is 2. The predicted octanol–water partition coefficient (Wildman–Crippen LogP) is 4.74. The molecule has 0 aliphatic heterocycles. The number of halogens is 1. The van der Waals surface area contributed by atoms with Crippen molar-refractivity contribution in [1.29, 1.82) is 0 Å². The topological polar surface area (TPSA) is 98.7 Å². The van der Waals surface area contributed by atoms with Gasteiger partial charge in [-0.1, -0.05) is 35.9 Å². The fourth-order valence-corrected chi connectivity index (χ4v) is 3.49. The van der Waals surface area contributed by atoms with Gasteiger partial charge in [-0.05, 0) is 45.0 Å². The van der Waals surface area contributed by atoms with Crippen molar-refractivity contribution in [1.82, 2.24) is 4.90 Å². The molecule has 2 rings (SSSR count). The molecule has 2 aromatic rings. The van der Waals surface area contributed by atoms with Gasteiger partial charge in [-0.25, -0.2) is 4.79 Å². The summed E-state index contributed by atoms with van der Waals surface area (Å²) in [6, 6.07) is 13.3. The van der Waals surface area contributed by atoms with Gasteiger partial charge in [-0.2, -0.15) is 0 Å². The first-order chi connectivity index (χ1) is 14.1. The Morgan fingerprint density at radius 3 is 2.37 bits per heavy atom. The standard InChI is InChI=1S/C22H26ClN3O4/c1-22(2,3)26(21(29)30)16(12-13-27)14-24-18-11-7-10-17(23)19(18)20(28)25-15-8-5-4-6-9-15/h4-11,13,16,24H,12,14H2,1-3H3,(H,25,28)(H,29,30)/t16-/m0/s1. The minimum atomic E-state index is -1.12. The number of benzene rings is 2. The molecule has 2 amide bonds. The molecule has 7 nitrogen and oxygen atoms in total. The molecule has 0 aromatic heterocycles. The third-order valence-corrected chi connectivity index (χ3v) is 4.78. The highest BCUT2D eigenvalue weighted by Gasteiger charge is 2.33. The van der Waals surface area contributed by atoms with Crippen LogP contribution in [0.1, 0.15) is 37.6 Å². The number of hydrogen-bond donors (Lipinski definition) is 3. The van der Waals surface area contributed by atoms with Crippen molar-refractivity contribution in [3.63, 3.8) is 0 Å². The van der Waals surface area contributed by atoms with Crippen LogP contribution in [-0.2, 0) is 4.79 Å². The molecule has 1 atom stereocenters. The molecule has 3 N–H and O–H groups in total. The Bertz CT molecular complexity index is 897. The molecule has 160 valence electrons. The van der Waals surface area contributed by atoms with E-state index in [-0.39, 0.29) is 23.6 Å². The number of hydrogen-bond acceptors (Lipinski definition) is 4. The van der Waals surface area contributed by atoms with Gasteiger partial charge in [0.1, 0.15) is 6.29 Å². The summed E-state index contributed by atoms with van der Waals surface area (Å²) in [6.45, 7) is 5.42. The lowest BCUT2D eigenvalue weighted by Gasteiger charge is -2.39. The minimum absolute atomic E-state index is 0.0165. The first-order valence-electron chi connectivity index (χ1n) is 9.49. The van der Waals surface area contributed by atoms with Crippen LogP contribution in [-0.4, -0.2) is 46.4 Å². The van der Waals surface area contributed by atoms with E-state index in [0.717, 1.165) is 0 Å². The number of nitrogens with one attached hydrogen (secondary N) is 2. The van der Waals surface area contributed by atoms with Gasteiger partial charge < -0.3 is 20.5 Å². The summed E-state index contributed by atoms with van der Waals surface area (Å²) in [6.07, 6.45) is -0.415. The van der Waals surface area contributed by atoms with E-state index < -0.39 is 23.6 Å². The summed E-state index contributed by atoms with van der Waals surface area (Å²) in [4.78, 5) is 37.1. The largest absolute Gasteiger partial charge is 0.465 e. The van der Waals surface area contributed by atoms with Crippen LogP contribution in [0.2, 0.25) is 5.02 Å². The number of rotatable bonds is 8. The van der Waals surface area contributed by atoms with E-state index in [1.165, 1.54) is 4.90 Å². The number of aldehydes is 1. The lowest BCUT2D eigenvalue weighted by molar-refractivity contribution is -0.109. The van der Waals surface area contributed by atoms with Crippen molar-refractivity contribution in [3.8, 4) is 0 Å². The van der Waals surface area contributed by atoms with E-state index in [1.807, 2.05) is 6.07 Å². The lowest BCUT2D eigenvalue weighted by atomic mass is 10.0. The second kappa shape index (κ2) is 10.1. The quantitative estimate of drug-likeness (QED) is 0.524. The van der Waals surface area contributed by atoms with Crippen LogP contribution < -0.4 is 10.6 Å². The van der Waals surface area contributed by atoms with Gasteiger partial charge in [0, 0.05) is 29.9 Å². The number of para-hydroxylation sites is 1. The van der Waals surface area contributed by atoms with Crippen LogP contribution in [0.4, 0.5) is 16.2 Å². The maximum atomic E-state index is 12.8. The number of amides is 2. The molecule has 0 spiro atoms. The molecule has 0 saturated heterocycles. The van der Waals surface area contributed by atoms with E-state index in [0.29, 0.717) is 17.7 Å². The van der Waals surface area contributed by atoms with Crippen LogP contribution in [0.15, 0.2) is 48.5 Å². The smallest absolute Gasteiger partial charge is 0.408 e. The van der Waals surface area contributed by atoms with Gasteiger partial charge >= 0.3 is 6.09 Å². The molecule has 0 unspecified atom stereocenters. The molecule has 0 radical (unpaired) electrons. The zero-order valence-electron chi connectivity index (χ0n) is 17.2. The van der Waals surface area contributed by atoms with E-state index >= 15 is 0 Å². The third kappa shape index (κ3) is 5.97. The number of carbonyl (C=O) groups excluding carboxylic acids is 2. The number of carbonyl (C=O) groups is 3. The molecule has 0 aliphatic carbocycles. The number of nitrogens with zero attached hydrogens (tertiary/aromatic N) is 1. The molecular formula is C22H26ClN3O4. The molecule has 2 aromatic carbocycles. The summed E-state index contributed by atoms with van der Waals surface area (Å²) in [7, 11) is 0. The Balaban J connectivity index is 2.27. The van der Waals surface area contributed by atoms with Crippen molar-refractivity contribution >= 4 is 41.3 Å². The molecule has 0 aliphatic rings. The Kier molecular flexibility index (Phi) is 7.83. The second-order valence-corrected chi connectivity index (χ2v) is 8.15. The summed E-state index contributed by atoms with van der Waals surface area (Å²) in [5, 5.41) is 15.8. The average molecular weight is 432 g/mol. The van der Waals surface area contributed by atoms with Crippen LogP contribution in [0.25, 0.3) is 0 Å². The molecular weight excluding hydrogens is 406 g/mol. The van der Waals surface area contributed by atoms with Crippen LogP contribution in [0.3, 0.4) is 0 Å². The first-order valence-corrected chi connectivity index (χ1v) is 9.87.